The molecule has 0 spiro atoms. The largest absolute Gasteiger partial charge is 0.444 e. The molecule has 0 fully saturated rings. The summed E-state index contributed by atoms with van der Waals surface area (Å²) < 4.78 is 37.7. The lowest BCUT2D eigenvalue weighted by Gasteiger charge is -2.33. The van der Waals surface area contributed by atoms with Gasteiger partial charge in [0.25, 0.3) is 0 Å². The molecule has 8 nitrogen and oxygen atoms in total. The van der Waals surface area contributed by atoms with E-state index in [2.05, 4.69) is 6.58 Å². The van der Waals surface area contributed by atoms with Gasteiger partial charge in [-0.3, -0.25) is 0 Å². The number of halogens is 1. The number of amides is 1. The van der Waals surface area contributed by atoms with E-state index in [1.54, 1.807) is 70.2 Å². The van der Waals surface area contributed by atoms with Crippen molar-refractivity contribution in [1.29, 1.82) is 0 Å². The Morgan fingerprint density at radius 1 is 1.07 bits per heavy atom. The van der Waals surface area contributed by atoms with Gasteiger partial charge in [-0.2, -0.15) is 0 Å². The van der Waals surface area contributed by atoms with E-state index in [-0.39, 0.29) is 22.1 Å². The van der Waals surface area contributed by atoms with Crippen molar-refractivity contribution >= 4 is 33.5 Å². The van der Waals surface area contributed by atoms with Crippen LogP contribution in [0, 0.1) is 6.92 Å². The lowest BCUT2D eigenvalue weighted by molar-refractivity contribution is -0.129. The van der Waals surface area contributed by atoms with E-state index in [0.717, 1.165) is 17.2 Å². The van der Waals surface area contributed by atoms with E-state index in [4.69, 9.17) is 21.1 Å². The predicted molar refractivity (Wildman–Crippen MR) is 161 cm³/mol. The van der Waals surface area contributed by atoms with Crippen molar-refractivity contribution in [2.45, 2.75) is 68.6 Å². The van der Waals surface area contributed by atoms with E-state index in [0.29, 0.717) is 17.0 Å². The minimum atomic E-state index is -4.03. The Kier molecular flexibility index (Phi) is 10.6. The maximum absolute atomic E-state index is 13.5. The van der Waals surface area contributed by atoms with Crippen molar-refractivity contribution in [2.75, 3.05) is 6.54 Å². The standard InChI is InChI=1S/C32H36ClNO7S/c1-7-30(36)40-28-17-21(2)11-16-29(28)42(38,39)26-14-12-23(13-15-26)18-22(3)34(31(37)41-32(4,5)6)20-27(35)24-9-8-10-25(33)19-24/h7-17,19,22,27,35H,1,18,20H2,2-6H3/t22-,27-/m1/s1. The van der Waals surface area contributed by atoms with Crippen molar-refractivity contribution in [2.24, 2.45) is 0 Å². The molecule has 3 aromatic rings. The first-order valence-electron chi connectivity index (χ1n) is 13.3. The highest BCUT2D eigenvalue weighted by Gasteiger charge is 2.29. The third kappa shape index (κ3) is 8.67. The third-order valence-electron chi connectivity index (χ3n) is 6.29. The summed E-state index contributed by atoms with van der Waals surface area (Å²) in [6, 6.07) is 17.1. The summed E-state index contributed by atoms with van der Waals surface area (Å²) in [6.07, 6.45) is -0.279. The number of aliphatic hydroxyl groups excluding tert-OH is 1. The Hall–Kier alpha value is -3.66. The van der Waals surface area contributed by atoms with Gasteiger partial charge in [-0.15, -0.1) is 0 Å². The first-order chi connectivity index (χ1) is 19.6. The Morgan fingerprint density at radius 2 is 1.74 bits per heavy atom. The van der Waals surface area contributed by atoms with Crippen LogP contribution >= 0.6 is 11.6 Å². The summed E-state index contributed by atoms with van der Waals surface area (Å²) in [5, 5.41) is 11.4. The fraction of sp³-hybridized carbons (Fsp3) is 0.312. The number of hydrogen-bond acceptors (Lipinski definition) is 7. The normalized spacial score (nSPS) is 13.1. The second kappa shape index (κ2) is 13.5. The molecule has 0 aliphatic rings. The SMILES string of the molecule is C=CC(=O)Oc1cc(C)ccc1S(=O)(=O)c1ccc(C[C@@H](C)N(C[C@@H](O)c2cccc(Cl)c2)C(=O)OC(C)(C)C)cc1. The lowest BCUT2D eigenvalue weighted by atomic mass is 10.0. The number of benzene rings is 3. The Labute approximate surface area is 252 Å². The third-order valence-corrected chi connectivity index (χ3v) is 8.34. The molecule has 3 rings (SSSR count). The van der Waals surface area contributed by atoms with Gasteiger partial charge in [0.15, 0.2) is 0 Å². The maximum atomic E-state index is 13.5. The van der Waals surface area contributed by atoms with Gasteiger partial charge in [-0.1, -0.05) is 48.5 Å². The zero-order chi connectivity index (χ0) is 31.2. The second-order valence-electron chi connectivity index (χ2n) is 11.0. The number of aliphatic hydroxyl groups is 1. The number of carbonyl (C=O) groups excluding carboxylic acids is 2. The van der Waals surface area contributed by atoms with Crippen LogP contribution in [-0.2, 0) is 25.8 Å². The minimum Gasteiger partial charge on any atom is -0.444 e. The van der Waals surface area contributed by atoms with E-state index in [1.165, 1.54) is 29.2 Å². The molecular formula is C32H36ClNO7S. The minimum absolute atomic E-state index is 0.0130. The van der Waals surface area contributed by atoms with Crippen molar-refractivity contribution < 1.29 is 32.6 Å². The van der Waals surface area contributed by atoms with Crippen LogP contribution in [0.2, 0.25) is 5.02 Å². The van der Waals surface area contributed by atoms with Gasteiger partial charge in [-0.05, 0) is 94.1 Å². The molecule has 0 aliphatic heterocycles. The van der Waals surface area contributed by atoms with Gasteiger partial charge in [0.1, 0.15) is 16.2 Å². The molecule has 1 amide bonds. The molecule has 0 radical (unpaired) electrons. The number of sulfone groups is 1. The van der Waals surface area contributed by atoms with Gasteiger partial charge in [0.05, 0.1) is 17.5 Å². The zero-order valence-corrected chi connectivity index (χ0v) is 25.9. The molecule has 0 aliphatic carbocycles. The van der Waals surface area contributed by atoms with Crippen molar-refractivity contribution in [3.63, 3.8) is 0 Å². The Morgan fingerprint density at radius 3 is 2.33 bits per heavy atom. The fourth-order valence-electron chi connectivity index (χ4n) is 4.21. The van der Waals surface area contributed by atoms with Crippen LogP contribution in [0.15, 0.2) is 89.2 Å². The van der Waals surface area contributed by atoms with Gasteiger partial charge in [-0.25, -0.2) is 18.0 Å². The van der Waals surface area contributed by atoms with E-state index < -0.39 is 39.6 Å². The Balaban J connectivity index is 1.85. The van der Waals surface area contributed by atoms with Crippen molar-refractivity contribution in [3.8, 4) is 5.75 Å². The van der Waals surface area contributed by atoms with Gasteiger partial charge >= 0.3 is 12.1 Å². The van der Waals surface area contributed by atoms with E-state index in [1.807, 2.05) is 6.92 Å². The number of carbonyl (C=O) groups is 2. The summed E-state index contributed by atoms with van der Waals surface area (Å²) in [4.78, 5) is 26.3. The average Bonchev–Trinajstić information content (AvgIpc) is 2.90. The highest BCUT2D eigenvalue weighted by Crippen LogP contribution is 2.31. The molecule has 1 N–H and O–H groups in total. The van der Waals surface area contributed by atoms with E-state index >= 15 is 0 Å². The number of hydrogen-bond donors (Lipinski definition) is 1. The molecular weight excluding hydrogens is 578 g/mol. The topological polar surface area (TPSA) is 110 Å². The smallest absolute Gasteiger partial charge is 0.410 e. The molecule has 10 heteroatoms. The summed E-state index contributed by atoms with van der Waals surface area (Å²) in [6.45, 7) is 12.2. The van der Waals surface area contributed by atoms with E-state index in [9.17, 15) is 23.1 Å². The average molecular weight is 614 g/mol. The first-order valence-corrected chi connectivity index (χ1v) is 15.2. The van der Waals surface area contributed by atoms with Crippen LogP contribution in [0.5, 0.6) is 5.75 Å². The quantitative estimate of drug-likeness (QED) is 0.158. The van der Waals surface area contributed by atoms with Crippen LogP contribution in [-0.4, -0.2) is 48.7 Å². The van der Waals surface area contributed by atoms with Crippen LogP contribution in [0.1, 0.15) is 50.5 Å². The Bertz CT molecular complexity index is 1550. The summed E-state index contributed by atoms with van der Waals surface area (Å²) in [5.74, 6) is -0.847. The number of esters is 1. The summed E-state index contributed by atoms with van der Waals surface area (Å²) in [5.41, 5.74) is 1.29. The van der Waals surface area contributed by atoms with Crippen LogP contribution in [0.25, 0.3) is 0 Å². The molecule has 3 aromatic carbocycles. The van der Waals surface area contributed by atoms with Crippen LogP contribution in [0.3, 0.4) is 0 Å². The summed E-state index contributed by atoms with van der Waals surface area (Å²) in [7, 11) is -4.03. The number of rotatable bonds is 10. The molecule has 42 heavy (non-hydrogen) atoms. The number of ether oxygens (including phenoxy) is 2. The van der Waals surface area contributed by atoms with Crippen molar-refractivity contribution in [3.05, 3.63) is 101 Å². The molecule has 0 aromatic heterocycles. The van der Waals surface area contributed by atoms with Gasteiger partial charge in [0, 0.05) is 17.1 Å². The predicted octanol–water partition coefficient (Wildman–Crippen LogP) is 6.47. The first kappa shape index (κ1) is 32.8. The molecule has 2 atom stereocenters. The molecule has 0 saturated heterocycles. The van der Waals surface area contributed by atoms with Crippen molar-refractivity contribution in [1.82, 2.24) is 4.90 Å². The van der Waals surface area contributed by atoms with Crippen LogP contribution < -0.4 is 4.74 Å². The molecule has 224 valence electrons. The monoisotopic (exact) mass is 613 g/mol. The van der Waals surface area contributed by atoms with Gasteiger partial charge < -0.3 is 19.5 Å². The highest BCUT2D eigenvalue weighted by molar-refractivity contribution is 7.91. The highest BCUT2D eigenvalue weighted by atomic mass is 35.5. The summed E-state index contributed by atoms with van der Waals surface area (Å²) >= 11 is 6.09. The number of aryl methyl sites for hydroxylation is 1. The lowest BCUT2D eigenvalue weighted by Crippen LogP contribution is -2.45. The molecule has 0 saturated carbocycles. The molecule has 0 unspecified atom stereocenters. The van der Waals surface area contributed by atoms with Crippen LogP contribution in [0.4, 0.5) is 4.79 Å². The zero-order valence-electron chi connectivity index (χ0n) is 24.3. The van der Waals surface area contributed by atoms with Gasteiger partial charge in [0.2, 0.25) is 9.84 Å². The molecule has 0 bridgehead atoms. The fourth-order valence-corrected chi connectivity index (χ4v) is 5.77. The second-order valence-corrected chi connectivity index (χ2v) is 13.3. The number of nitrogens with zero attached hydrogens (tertiary/aromatic N) is 1. The maximum Gasteiger partial charge on any atom is 0.410 e. The molecule has 0 heterocycles.